The molecule has 0 N–H and O–H groups in total. The molecule has 1 aromatic rings. The highest BCUT2D eigenvalue weighted by atomic mass is 14.5. The summed E-state index contributed by atoms with van der Waals surface area (Å²) in [6.45, 7) is 9.34. The van der Waals surface area contributed by atoms with Gasteiger partial charge >= 0.3 is 0 Å². The van der Waals surface area contributed by atoms with Gasteiger partial charge in [0.1, 0.15) is 0 Å². The molecule has 0 unspecified atom stereocenters. The predicted octanol–water partition coefficient (Wildman–Crippen LogP) is 4.96. The minimum Gasteiger partial charge on any atom is -0.0627 e. The molecule has 1 aliphatic carbocycles. The first-order chi connectivity index (χ1) is 8.03. The fraction of sp³-hybridized carbons (Fsp3) is 0.647. The molecule has 0 radical (unpaired) electrons. The van der Waals surface area contributed by atoms with Gasteiger partial charge in [0.05, 0.1) is 0 Å². The minimum absolute atomic E-state index is 0.541. The summed E-state index contributed by atoms with van der Waals surface area (Å²) in [7, 11) is 0. The van der Waals surface area contributed by atoms with Gasteiger partial charge in [-0.1, -0.05) is 52.0 Å². The highest BCUT2D eigenvalue weighted by Gasteiger charge is 2.45. The molecule has 17 heavy (non-hydrogen) atoms. The molecule has 94 valence electrons. The highest BCUT2D eigenvalue weighted by Crippen LogP contribution is 2.53. The van der Waals surface area contributed by atoms with Crippen LogP contribution in [0.3, 0.4) is 0 Å². The highest BCUT2D eigenvalue weighted by molar-refractivity contribution is 5.38. The summed E-state index contributed by atoms with van der Waals surface area (Å²) in [6.07, 6.45) is 5.40. The number of hydrogen-bond acceptors (Lipinski definition) is 0. The van der Waals surface area contributed by atoms with E-state index in [0.29, 0.717) is 5.41 Å². The van der Waals surface area contributed by atoms with Crippen molar-refractivity contribution in [1.82, 2.24) is 0 Å². The lowest BCUT2D eigenvalue weighted by atomic mass is 9.83. The average molecular weight is 230 g/mol. The van der Waals surface area contributed by atoms with Crippen LogP contribution in [0.5, 0.6) is 0 Å². The Bertz CT molecular complexity index is 369. The Hall–Kier alpha value is -0.780. The maximum absolute atomic E-state index is 2.38. The van der Waals surface area contributed by atoms with Gasteiger partial charge in [-0.3, -0.25) is 0 Å². The first-order valence-corrected chi connectivity index (χ1v) is 7.12. The summed E-state index contributed by atoms with van der Waals surface area (Å²) in [4.78, 5) is 0. The van der Waals surface area contributed by atoms with Gasteiger partial charge in [0, 0.05) is 0 Å². The van der Waals surface area contributed by atoms with Gasteiger partial charge < -0.3 is 0 Å². The number of benzene rings is 1. The second-order valence-electron chi connectivity index (χ2n) is 6.63. The third-order valence-corrected chi connectivity index (χ3v) is 3.87. The number of rotatable bonds is 5. The molecular weight excluding hydrogens is 204 g/mol. The topological polar surface area (TPSA) is 0 Å². The Morgan fingerprint density at radius 2 is 1.65 bits per heavy atom. The standard InChI is InChI=1S/C17H26/c1-13(2)11-15-7-5-6-8-16(15)17(9-10-17)12-14(3)4/h5-8,13-14H,9-12H2,1-4H3. The molecule has 0 spiro atoms. The quantitative estimate of drug-likeness (QED) is 0.670. The molecule has 0 heteroatoms. The van der Waals surface area contributed by atoms with Crippen molar-refractivity contribution in [3.63, 3.8) is 0 Å². The molecule has 1 saturated carbocycles. The van der Waals surface area contributed by atoms with E-state index in [-0.39, 0.29) is 0 Å². The Kier molecular flexibility index (Phi) is 3.61. The fourth-order valence-electron chi connectivity index (χ4n) is 3.17. The lowest BCUT2D eigenvalue weighted by Crippen LogP contribution is -2.13. The van der Waals surface area contributed by atoms with Gasteiger partial charge in [-0.05, 0) is 54.1 Å². The summed E-state index contributed by atoms with van der Waals surface area (Å²) < 4.78 is 0. The first kappa shape index (κ1) is 12.7. The summed E-state index contributed by atoms with van der Waals surface area (Å²) in [6, 6.07) is 9.15. The molecule has 0 heterocycles. The van der Waals surface area contributed by atoms with E-state index in [0.717, 1.165) is 11.8 Å². The summed E-state index contributed by atoms with van der Waals surface area (Å²) in [5.41, 5.74) is 3.79. The van der Waals surface area contributed by atoms with Crippen molar-refractivity contribution in [2.24, 2.45) is 11.8 Å². The zero-order valence-electron chi connectivity index (χ0n) is 11.8. The average Bonchev–Trinajstić information content (AvgIpc) is 2.97. The van der Waals surface area contributed by atoms with Gasteiger partial charge in [0.2, 0.25) is 0 Å². The van der Waals surface area contributed by atoms with Crippen LogP contribution in [0.2, 0.25) is 0 Å². The van der Waals surface area contributed by atoms with Crippen molar-refractivity contribution < 1.29 is 0 Å². The molecule has 0 saturated heterocycles. The molecule has 1 fully saturated rings. The summed E-state index contributed by atoms with van der Waals surface area (Å²) in [5.74, 6) is 1.57. The molecule has 0 aromatic heterocycles. The Morgan fingerprint density at radius 3 is 2.18 bits per heavy atom. The maximum atomic E-state index is 2.38. The van der Waals surface area contributed by atoms with Crippen LogP contribution in [0.1, 0.15) is 58.1 Å². The molecular formula is C17H26. The van der Waals surface area contributed by atoms with E-state index in [1.165, 1.54) is 25.7 Å². The van der Waals surface area contributed by atoms with Crippen molar-refractivity contribution >= 4 is 0 Å². The van der Waals surface area contributed by atoms with E-state index >= 15 is 0 Å². The maximum Gasteiger partial charge on any atom is -0.00412 e. The van der Waals surface area contributed by atoms with E-state index in [9.17, 15) is 0 Å². The zero-order chi connectivity index (χ0) is 12.5. The third kappa shape index (κ3) is 2.91. The summed E-state index contributed by atoms with van der Waals surface area (Å²) in [5, 5.41) is 0. The van der Waals surface area contributed by atoms with Crippen LogP contribution in [0.4, 0.5) is 0 Å². The smallest absolute Gasteiger partial charge is 0.00412 e. The summed E-state index contributed by atoms with van der Waals surface area (Å²) >= 11 is 0. The Balaban J connectivity index is 2.25. The largest absolute Gasteiger partial charge is 0.0627 e. The second kappa shape index (κ2) is 4.84. The SMILES string of the molecule is CC(C)Cc1ccccc1C1(CC(C)C)CC1. The van der Waals surface area contributed by atoms with Crippen molar-refractivity contribution in [2.75, 3.05) is 0 Å². The third-order valence-electron chi connectivity index (χ3n) is 3.87. The van der Waals surface area contributed by atoms with Gasteiger partial charge in [-0.15, -0.1) is 0 Å². The van der Waals surface area contributed by atoms with Gasteiger partial charge in [-0.25, -0.2) is 0 Å². The minimum atomic E-state index is 0.541. The molecule has 0 amide bonds. The van der Waals surface area contributed by atoms with E-state index in [1.54, 1.807) is 11.1 Å². The van der Waals surface area contributed by atoms with Crippen LogP contribution < -0.4 is 0 Å². The first-order valence-electron chi connectivity index (χ1n) is 7.12. The van der Waals surface area contributed by atoms with Crippen molar-refractivity contribution in [1.29, 1.82) is 0 Å². The Labute approximate surface area is 106 Å². The van der Waals surface area contributed by atoms with Gasteiger partial charge in [0.25, 0.3) is 0 Å². The van der Waals surface area contributed by atoms with Crippen LogP contribution in [-0.4, -0.2) is 0 Å². The van der Waals surface area contributed by atoms with E-state index < -0.39 is 0 Å². The predicted molar refractivity (Wildman–Crippen MR) is 75.4 cm³/mol. The van der Waals surface area contributed by atoms with E-state index in [2.05, 4.69) is 52.0 Å². The van der Waals surface area contributed by atoms with Crippen LogP contribution in [0.15, 0.2) is 24.3 Å². The normalized spacial score (nSPS) is 17.8. The molecule has 0 nitrogen and oxygen atoms in total. The molecule has 0 atom stereocenters. The second-order valence-corrected chi connectivity index (χ2v) is 6.63. The van der Waals surface area contributed by atoms with Crippen LogP contribution in [0.25, 0.3) is 0 Å². The Morgan fingerprint density at radius 1 is 1.00 bits per heavy atom. The van der Waals surface area contributed by atoms with Gasteiger partial charge in [0.15, 0.2) is 0 Å². The van der Waals surface area contributed by atoms with E-state index in [4.69, 9.17) is 0 Å². The lowest BCUT2D eigenvalue weighted by Gasteiger charge is -2.22. The zero-order valence-corrected chi connectivity index (χ0v) is 11.8. The van der Waals surface area contributed by atoms with Crippen LogP contribution >= 0.6 is 0 Å². The van der Waals surface area contributed by atoms with Crippen LogP contribution in [-0.2, 0) is 11.8 Å². The van der Waals surface area contributed by atoms with Crippen molar-refractivity contribution in [2.45, 2.75) is 58.8 Å². The number of hydrogen-bond donors (Lipinski definition) is 0. The molecule has 1 aliphatic rings. The van der Waals surface area contributed by atoms with E-state index in [1.807, 2.05) is 0 Å². The monoisotopic (exact) mass is 230 g/mol. The molecule has 0 aliphatic heterocycles. The lowest BCUT2D eigenvalue weighted by molar-refractivity contribution is 0.482. The molecule has 2 rings (SSSR count). The van der Waals surface area contributed by atoms with Crippen LogP contribution in [0, 0.1) is 11.8 Å². The van der Waals surface area contributed by atoms with Gasteiger partial charge in [-0.2, -0.15) is 0 Å². The molecule has 0 bridgehead atoms. The molecule has 1 aromatic carbocycles. The fourth-order valence-corrected chi connectivity index (χ4v) is 3.17. The van der Waals surface area contributed by atoms with Crippen molar-refractivity contribution in [3.05, 3.63) is 35.4 Å². The van der Waals surface area contributed by atoms with Crippen molar-refractivity contribution in [3.8, 4) is 0 Å².